The van der Waals surface area contributed by atoms with Gasteiger partial charge >= 0.3 is 0 Å². The summed E-state index contributed by atoms with van der Waals surface area (Å²) in [7, 11) is 1.53. The fourth-order valence-electron chi connectivity index (χ4n) is 0.952. The Bertz CT molecular complexity index is 325. The summed E-state index contributed by atoms with van der Waals surface area (Å²) >= 11 is 0. The quantitative estimate of drug-likeness (QED) is 0.257. The number of hydrogen-bond donors (Lipinski definition) is 3. The Labute approximate surface area is 75.6 Å². The number of rotatable bonds is 2. The molecule has 70 valence electrons. The van der Waals surface area contributed by atoms with Gasteiger partial charge in [0.15, 0.2) is 0 Å². The summed E-state index contributed by atoms with van der Waals surface area (Å²) < 4.78 is 4.92. The van der Waals surface area contributed by atoms with E-state index in [2.05, 4.69) is 0 Å². The fourth-order valence-corrected chi connectivity index (χ4v) is 0.952. The average molecular weight is 181 g/mol. The van der Waals surface area contributed by atoms with Crippen molar-refractivity contribution >= 4 is 11.6 Å². The molecule has 0 unspecified atom stereocenters. The molecule has 5 nitrogen and oxygen atoms in total. The molecule has 0 saturated heterocycles. The van der Waals surface area contributed by atoms with Crippen LogP contribution in [0.3, 0.4) is 0 Å². The molecule has 5 N–H and O–H groups in total. The van der Waals surface area contributed by atoms with Crippen LogP contribution in [0, 0.1) is 0 Å². The zero-order valence-corrected chi connectivity index (χ0v) is 7.20. The highest BCUT2D eigenvalue weighted by atomic mass is 16.5. The first-order valence-electron chi connectivity index (χ1n) is 3.63. The maximum Gasteiger partial charge on any atom is 0.267 e. The molecule has 0 aliphatic heterocycles. The van der Waals surface area contributed by atoms with Gasteiger partial charge < -0.3 is 10.5 Å². The molecule has 0 aliphatic rings. The van der Waals surface area contributed by atoms with Gasteiger partial charge in [-0.25, -0.2) is 5.84 Å². The van der Waals surface area contributed by atoms with Crippen molar-refractivity contribution in [2.75, 3.05) is 12.8 Å². The van der Waals surface area contributed by atoms with Crippen LogP contribution in [0.5, 0.6) is 5.75 Å². The molecular formula is C8H11N3O2. The topological polar surface area (TPSA) is 90.4 Å². The second-order valence-corrected chi connectivity index (χ2v) is 2.43. The van der Waals surface area contributed by atoms with Crippen LogP contribution < -0.4 is 21.7 Å². The van der Waals surface area contributed by atoms with Crippen LogP contribution in [0.2, 0.25) is 0 Å². The van der Waals surface area contributed by atoms with E-state index in [1.807, 2.05) is 5.43 Å². The number of amides is 1. The highest BCUT2D eigenvalue weighted by Crippen LogP contribution is 2.18. The first-order valence-corrected chi connectivity index (χ1v) is 3.63. The molecule has 0 heterocycles. The number of hydrogen-bond acceptors (Lipinski definition) is 4. The number of carbonyl (C=O) groups excluding carboxylic acids is 1. The summed E-state index contributed by atoms with van der Waals surface area (Å²) in [6.07, 6.45) is 0. The number of anilines is 1. The summed E-state index contributed by atoms with van der Waals surface area (Å²) in [6, 6.07) is 4.75. The summed E-state index contributed by atoms with van der Waals surface area (Å²) in [5, 5.41) is 0. The molecule has 0 spiro atoms. The number of nitrogens with two attached hydrogens (primary N) is 2. The van der Waals surface area contributed by atoms with Crippen molar-refractivity contribution in [1.29, 1.82) is 0 Å². The van der Waals surface area contributed by atoms with Crippen molar-refractivity contribution in [3.63, 3.8) is 0 Å². The molecule has 1 rings (SSSR count). The molecule has 0 aliphatic carbocycles. The maximum atomic E-state index is 11.1. The minimum atomic E-state index is -0.417. The predicted octanol–water partition coefficient (Wildman–Crippen LogP) is -0.119. The molecule has 13 heavy (non-hydrogen) atoms. The largest absolute Gasteiger partial charge is 0.497 e. The van der Waals surface area contributed by atoms with Crippen molar-refractivity contribution < 1.29 is 9.53 Å². The number of carbonyl (C=O) groups is 1. The highest BCUT2D eigenvalue weighted by molar-refractivity contribution is 5.98. The van der Waals surface area contributed by atoms with E-state index >= 15 is 0 Å². The normalized spacial score (nSPS) is 9.38. The molecule has 0 aromatic heterocycles. The Kier molecular flexibility index (Phi) is 2.71. The molecule has 1 aromatic rings. The van der Waals surface area contributed by atoms with E-state index in [0.29, 0.717) is 17.0 Å². The fraction of sp³-hybridized carbons (Fsp3) is 0.125. The van der Waals surface area contributed by atoms with Crippen molar-refractivity contribution in [3.05, 3.63) is 23.8 Å². The standard InChI is InChI=1S/C8H11N3O2/c1-13-5-2-3-6(7(9)4-5)8(12)11-10/h2-4H,9-10H2,1H3,(H,11,12). The zero-order valence-electron chi connectivity index (χ0n) is 7.20. The number of hydrazine groups is 1. The van der Waals surface area contributed by atoms with E-state index in [0.717, 1.165) is 0 Å². The molecule has 0 radical (unpaired) electrons. The molecule has 0 bridgehead atoms. The number of methoxy groups -OCH3 is 1. The number of ether oxygens (including phenoxy) is 1. The number of benzene rings is 1. The Morgan fingerprint density at radius 3 is 2.69 bits per heavy atom. The second kappa shape index (κ2) is 3.77. The van der Waals surface area contributed by atoms with E-state index in [-0.39, 0.29) is 0 Å². The molecule has 0 atom stereocenters. The van der Waals surface area contributed by atoms with Crippen LogP contribution in [-0.4, -0.2) is 13.0 Å². The van der Waals surface area contributed by atoms with E-state index < -0.39 is 5.91 Å². The van der Waals surface area contributed by atoms with Gasteiger partial charge in [0, 0.05) is 11.8 Å². The van der Waals surface area contributed by atoms with Crippen LogP contribution in [0.25, 0.3) is 0 Å². The van der Waals surface area contributed by atoms with Crippen molar-refractivity contribution in [1.82, 2.24) is 5.43 Å². The van der Waals surface area contributed by atoms with Gasteiger partial charge in [0.05, 0.1) is 12.7 Å². The lowest BCUT2D eigenvalue weighted by Crippen LogP contribution is -2.30. The van der Waals surface area contributed by atoms with Crippen LogP contribution in [0.15, 0.2) is 18.2 Å². The van der Waals surface area contributed by atoms with Gasteiger partial charge in [-0.15, -0.1) is 0 Å². The molecule has 1 aromatic carbocycles. The van der Waals surface area contributed by atoms with Crippen LogP contribution in [0.1, 0.15) is 10.4 Å². The second-order valence-electron chi connectivity index (χ2n) is 2.43. The summed E-state index contributed by atoms with van der Waals surface area (Å²) in [5.41, 5.74) is 8.25. The predicted molar refractivity (Wildman–Crippen MR) is 49.1 cm³/mol. The van der Waals surface area contributed by atoms with E-state index in [1.54, 1.807) is 18.2 Å². The number of nitrogens with one attached hydrogen (secondary N) is 1. The zero-order chi connectivity index (χ0) is 9.84. The Morgan fingerprint density at radius 1 is 1.54 bits per heavy atom. The summed E-state index contributed by atoms with van der Waals surface area (Å²) in [5.74, 6) is 5.14. The van der Waals surface area contributed by atoms with Gasteiger partial charge in [-0.1, -0.05) is 0 Å². The average Bonchev–Trinajstić information content (AvgIpc) is 2.16. The Balaban J connectivity index is 3.05. The molecule has 0 saturated carbocycles. The third kappa shape index (κ3) is 1.88. The van der Waals surface area contributed by atoms with E-state index in [1.165, 1.54) is 7.11 Å². The van der Waals surface area contributed by atoms with Gasteiger partial charge in [0.1, 0.15) is 5.75 Å². The van der Waals surface area contributed by atoms with Gasteiger partial charge in [-0.2, -0.15) is 0 Å². The first-order chi connectivity index (χ1) is 6.19. The lowest BCUT2D eigenvalue weighted by molar-refractivity contribution is 0.0954. The van der Waals surface area contributed by atoms with E-state index in [9.17, 15) is 4.79 Å². The van der Waals surface area contributed by atoms with Crippen molar-refractivity contribution in [2.45, 2.75) is 0 Å². The number of nitrogen functional groups attached to an aromatic ring is 2. The van der Waals surface area contributed by atoms with Crippen LogP contribution in [-0.2, 0) is 0 Å². The Hall–Kier alpha value is -1.75. The third-order valence-electron chi connectivity index (χ3n) is 1.63. The van der Waals surface area contributed by atoms with Crippen molar-refractivity contribution in [3.8, 4) is 5.75 Å². The monoisotopic (exact) mass is 181 g/mol. The summed E-state index contributed by atoms with van der Waals surface area (Å²) in [6.45, 7) is 0. The van der Waals surface area contributed by atoms with Crippen LogP contribution >= 0.6 is 0 Å². The Morgan fingerprint density at radius 2 is 2.23 bits per heavy atom. The lowest BCUT2D eigenvalue weighted by Gasteiger charge is -2.05. The third-order valence-corrected chi connectivity index (χ3v) is 1.63. The van der Waals surface area contributed by atoms with Gasteiger partial charge in [0.25, 0.3) is 5.91 Å². The van der Waals surface area contributed by atoms with E-state index in [4.69, 9.17) is 16.3 Å². The highest BCUT2D eigenvalue weighted by Gasteiger charge is 2.07. The lowest BCUT2D eigenvalue weighted by atomic mass is 10.1. The molecule has 5 heteroatoms. The minimum Gasteiger partial charge on any atom is -0.497 e. The summed E-state index contributed by atoms with van der Waals surface area (Å²) in [4.78, 5) is 11.1. The SMILES string of the molecule is COc1ccc(C(=O)NN)c(N)c1. The van der Waals surface area contributed by atoms with Gasteiger partial charge in [0.2, 0.25) is 0 Å². The van der Waals surface area contributed by atoms with Crippen molar-refractivity contribution in [2.24, 2.45) is 5.84 Å². The van der Waals surface area contributed by atoms with Gasteiger partial charge in [-0.3, -0.25) is 10.2 Å². The minimum absolute atomic E-state index is 0.335. The molecule has 1 amide bonds. The molecule has 0 fully saturated rings. The first kappa shape index (κ1) is 9.34. The maximum absolute atomic E-state index is 11.1. The van der Waals surface area contributed by atoms with Crippen LogP contribution in [0.4, 0.5) is 5.69 Å². The van der Waals surface area contributed by atoms with Gasteiger partial charge in [-0.05, 0) is 12.1 Å². The smallest absolute Gasteiger partial charge is 0.267 e. The molecular weight excluding hydrogens is 170 g/mol.